The summed E-state index contributed by atoms with van der Waals surface area (Å²) >= 11 is 0. The second-order valence-electron chi connectivity index (χ2n) is 7.01. The number of hydrogen-bond acceptors (Lipinski definition) is 4. The third-order valence-electron chi connectivity index (χ3n) is 5.61. The van der Waals surface area contributed by atoms with Gasteiger partial charge in [-0.1, -0.05) is 31.0 Å². The third-order valence-corrected chi connectivity index (χ3v) is 5.61. The van der Waals surface area contributed by atoms with E-state index in [1.807, 2.05) is 38.1 Å². The van der Waals surface area contributed by atoms with Crippen LogP contribution >= 0.6 is 0 Å². The van der Waals surface area contributed by atoms with Crippen molar-refractivity contribution in [3.05, 3.63) is 29.8 Å². The summed E-state index contributed by atoms with van der Waals surface area (Å²) in [4.78, 5) is 14.4. The van der Waals surface area contributed by atoms with Crippen LogP contribution in [0.2, 0.25) is 0 Å². The van der Waals surface area contributed by atoms with Crippen molar-refractivity contribution in [2.24, 2.45) is 5.92 Å². The maximum Gasteiger partial charge on any atom is 0.410 e. The SMILES string of the molecule is CCOC(=O)N1CC[C@@]2(O)CCCC[C@H]2[C@@H]1c1ccccc1OCC. The Hall–Kier alpha value is -1.75. The van der Waals surface area contributed by atoms with E-state index in [9.17, 15) is 9.90 Å². The van der Waals surface area contributed by atoms with Crippen LogP contribution in [0.3, 0.4) is 0 Å². The average molecular weight is 347 g/mol. The van der Waals surface area contributed by atoms with Crippen molar-refractivity contribution in [3.8, 4) is 5.75 Å². The van der Waals surface area contributed by atoms with Crippen molar-refractivity contribution in [2.45, 2.75) is 57.6 Å². The average Bonchev–Trinajstić information content (AvgIpc) is 2.61. The monoisotopic (exact) mass is 347 g/mol. The largest absolute Gasteiger partial charge is 0.494 e. The number of piperidine rings is 1. The maximum atomic E-state index is 12.6. The number of benzene rings is 1. The van der Waals surface area contributed by atoms with Gasteiger partial charge in [0.1, 0.15) is 5.75 Å². The van der Waals surface area contributed by atoms with Gasteiger partial charge in [0.15, 0.2) is 0 Å². The number of fused-ring (bicyclic) bond motifs is 1. The number of likely N-dealkylation sites (tertiary alicyclic amines) is 1. The Morgan fingerprint density at radius 3 is 2.80 bits per heavy atom. The van der Waals surface area contributed by atoms with E-state index in [1.165, 1.54) is 0 Å². The van der Waals surface area contributed by atoms with Crippen molar-refractivity contribution < 1.29 is 19.4 Å². The molecule has 2 fully saturated rings. The van der Waals surface area contributed by atoms with Gasteiger partial charge in [-0.15, -0.1) is 0 Å². The summed E-state index contributed by atoms with van der Waals surface area (Å²) in [7, 11) is 0. The molecular weight excluding hydrogens is 318 g/mol. The summed E-state index contributed by atoms with van der Waals surface area (Å²) in [6, 6.07) is 7.67. The van der Waals surface area contributed by atoms with Crippen molar-refractivity contribution in [3.63, 3.8) is 0 Å². The Labute approximate surface area is 149 Å². The number of amides is 1. The van der Waals surface area contributed by atoms with Crippen LogP contribution in [0.25, 0.3) is 0 Å². The van der Waals surface area contributed by atoms with Gasteiger partial charge >= 0.3 is 6.09 Å². The molecule has 0 aromatic heterocycles. The zero-order valence-corrected chi connectivity index (χ0v) is 15.2. The van der Waals surface area contributed by atoms with Gasteiger partial charge < -0.3 is 19.5 Å². The molecule has 0 bridgehead atoms. The molecule has 1 N–H and O–H groups in total. The zero-order chi connectivity index (χ0) is 17.9. The molecule has 0 radical (unpaired) electrons. The Kier molecular flexibility index (Phi) is 5.52. The number of aliphatic hydroxyl groups is 1. The predicted octanol–water partition coefficient (Wildman–Crippen LogP) is 3.91. The highest BCUT2D eigenvalue weighted by Gasteiger charge is 2.51. The molecule has 1 saturated heterocycles. The molecule has 1 heterocycles. The fraction of sp³-hybridized carbons (Fsp3) is 0.650. The van der Waals surface area contributed by atoms with E-state index in [0.717, 1.165) is 37.0 Å². The standard InChI is InChI=1S/C20H29NO4/c1-3-24-17-11-6-5-9-15(17)18-16-10-7-8-12-20(16,23)13-14-21(18)19(22)25-4-2/h5-6,9,11,16,18,23H,3-4,7-8,10,12-14H2,1-2H3/t16-,18-,20-/m0/s1. The topological polar surface area (TPSA) is 59.0 Å². The number of rotatable bonds is 4. The summed E-state index contributed by atoms with van der Waals surface area (Å²) in [6.07, 6.45) is 4.16. The van der Waals surface area contributed by atoms with Crippen LogP contribution in [-0.4, -0.2) is 41.5 Å². The second-order valence-corrected chi connectivity index (χ2v) is 7.01. The molecule has 1 aromatic rings. The lowest BCUT2D eigenvalue weighted by molar-refractivity contribution is -0.118. The van der Waals surface area contributed by atoms with Crippen LogP contribution in [-0.2, 0) is 4.74 Å². The molecule has 0 unspecified atom stereocenters. The van der Waals surface area contributed by atoms with Crippen LogP contribution in [0.5, 0.6) is 5.75 Å². The maximum absolute atomic E-state index is 12.6. The van der Waals surface area contributed by atoms with Gasteiger partial charge in [-0.3, -0.25) is 0 Å². The Morgan fingerprint density at radius 1 is 1.24 bits per heavy atom. The minimum Gasteiger partial charge on any atom is -0.494 e. The fourth-order valence-corrected chi connectivity index (χ4v) is 4.49. The number of carbonyl (C=O) groups is 1. The minimum atomic E-state index is -0.703. The second kappa shape index (κ2) is 7.65. The van der Waals surface area contributed by atoms with E-state index in [0.29, 0.717) is 26.2 Å². The molecule has 1 aliphatic heterocycles. The Bertz CT molecular complexity index is 605. The van der Waals surface area contributed by atoms with Crippen molar-refractivity contribution in [2.75, 3.05) is 19.8 Å². The van der Waals surface area contributed by atoms with Gasteiger partial charge in [0.05, 0.1) is 24.9 Å². The van der Waals surface area contributed by atoms with E-state index in [-0.39, 0.29) is 18.1 Å². The molecule has 1 saturated carbocycles. The predicted molar refractivity (Wildman–Crippen MR) is 95.6 cm³/mol. The first-order chi connectivity index (χ1) is 12.1. The number of nitrogens with zero attached hydrogens (tertiary/aromatic N) is 1. The highest BCUT2D eigenvalue weighted by molar-refractivity contribution is 5.69. The van der Waals surface area contributed by atoms with Crippen molar-refractivity contribution >= 4 is 6.09 Å². The first kappa shape index (κ1) is 18.1. The lowest BCUT2D eigenvalue weighted by atomic mass is 9.66. The van der Waals surface area contributed by atoms with Gasteiger partial charge in [0, 0.05) is 18.0 Å². The van der Waals surface area contributed by atoms with Gasteiger partial charge in [-0.25, -0.2) is 4.79 Å². The first-order valence-electron chi connectivity index (χ1n) is 9.48. The van der Waals surface area contributed by atoms with Crippen LogP contribution in [0.15, 0.2) is 24.3 Å². The first-order valence-corrected chi connectivity index (χ1v) is 9.48. The number of hydrogen-bond donors (Lipinski definition) is 1. The lowest BCUT2D eigenvalue weighted by Gasteiger charge is -2.52. The molecule has 5 heteroatoms. The van der Waals surface area contributed by atoms with Crippen molar-refractivity contribution in [1.29, 1.82) is 0 Å². The van der Waals surface area contributed by atoms with Crippen molar-refractivity contribution in [1.82, 2.24) is 4.90 Å². The summed E-state index contributed by atoms with van der Waals surface area (Å²) in [5.41, 5.74) is 0.271. The quantitative estimate of drug-likeness (QED) is 0.897. The van der Waals surface area contributed by atoms with Crippen LogP contribution in [0, 0.1) is 5.92 Å². The molecule has 3 atom stereocenters. The molecule has 0 spiro atoms. The van der Waals surface area contributed by atoms with Gasteiger partial charge in [-0.2, -0.15) is 0 Å². The molecule has 1 amide bonds. The molecular formula is C20H29NO4. The number of carbonyl (C=O) groups excluding carboxylic acids is 1. The zero-order valence-electron chi connectivity index (χ0n) is 15.2. The molecule has 3 rings (SSSR count). The summed E-state index contributed by atoms with van der Waals surface area (Å²) in [5.74, 6) is 0.806. The van der Waals surface area contributed by atoms with Gasteiger partial charge in [0.2, 0.25) is 0 Å². The molecule has 5 nitrogen and oxygen atoms in total. The van der Waals surface area contributed by atoms with E-state index >= 15 is 0 Å². The van der Waals surface area contributed by atoms with Crippen LogP contribution in [0.1, 0.15) is 57.6 Å². The molecule has 25 heavy (non-hydrogen) atoms. The minimum absolute atomic E-state index is 0.0148. The summed E-state index contributed by atoms with van der Waals surface area (Å²) in [6.45, 7) is 5.21. The Balaban J connectivity index is 2.02. The summed E-state index contributed by atoms with van der Waals surface area (Å²) < 4.78 is 11.1. The lowest BCUT2D eigenvalue weighted by Crippen LogP contribution is -2.56. The highest BCUT2D eigenvalue weighted by atomic mass is 16.6. The van der Waals surface area contributed by atoms with Gasteiger partial charge in [-0.05, 0) is 39.2 Å². The smallest absolute Gasteiger partial charge is 0.410 e. The highest BCUT2D eigenvalue weighted by Crippen LogP contribution is 2.50. The number of para-hydroxylation sites is 1. The molecule has 1 aliphatic carbocycles. The van der Waals surface area contributed by atoms with Crippen LogP contribution in [0.4, 0.5) is 4.79 Å². The molecule has 1 aromatic carbocycles. The van der Waals surface area contributed by atoms with E-state index in [1.54, 1.807) is 4.90 Å². The van der Waals surface area contributed by atoms with E-state index < -0.39 is 5.60 Å². The Morgan fingerprint density at radius 2 is 2.04 bits per heavy atom. The third kappa shape index (κ3) is 3.47. The molecule has 138 valence electrons. The van der Waals surface area contributed by atoms with Gasteiger partial charge in [0.25, 0.3) is 0 Å². The fourth-order valence-electron chi connectivity index (χ4n) is 4.49. The van der Waals surface area contributed by atoms with Crippen LogP contribution < -0.4 is 4.74 Å². The number of ether oxygens (including phenoxy) is 2. The summed E-state index contributed by atoms with van der Waals surface area (Å²) in [5, 5.41) is 11.3. The normalized spacial score (nSPS) is 29.0. The molecule has 2 aliphatic rings. The van der Waals surface area contributed by atoms with E-state index in [4.69, 9.17) is 9.47 Å². The van der Waals surface area contributed by atoms with E-state index in [2.05, 4.69) is 0 Å².